The number of nitrogens with one attached hydrogen (secondary N) is 1. The van der Waals surface area contributed by atoms with E-state index in [-0.39, 0.29) is 24.2 Å². The lowest BCUT2D eigenvalue weighted by Crippen LogP contribution is -2.55. The number of ether oxygens (including phenoxy) is 1. The van der Waals surface area contributed by atoms with Gasteiger partial charge in [0, 0.05) is 18.3 Å². The van der Waals surface area contributed by atoms with Crippen molar-refractivity contribution in [1.82, 2.24) is 4.90 Å². The van der Waals surface area contributed by atoms with Crippen LogP contribution in [0.3, 0.4) is 0 Å². The van der Waals surface area contributed by atoms with Gasteiger partial charge in [-0.15, -0.1) is 0 Å². The molecule has 0 spiro atoms. The molecular formula is C18H23FN4O4. The van der Waals surface area contributed by atoms with Gasteiger partial charge in [-0.05, 0) is 38.1 Å². The summed E-state index contributed by atoms with van der Waals surface area (Å²) in [4.78, 5) is 39.2. The quantitative estimate of drug-likeness (QED) is 0.700. The van der Waals surface area contributed by atoms with E-state index >= 15 is 0 Å². The predicted molar refractivity (Wildman–Crippen MR) is 96.6 cm³/mol. The molecular weight excluding hydrogens is 355 g/mol. The molecule has 1 saturated carbocycles. The number of anilines is 2. The molecule has 1 atom stereocenters. The minimum atomic E-state index is -1.17. The lowest BCUT2D eigenvalue weighted by atomic mass is 9.90. The third kappa shape index (κ3) is 4.09. The van der Waals surface area contributed by atoms with Crippen LogP contribution in [-0.4, -0.2) is 61.5 Å². The van der Waals surface area contributed by atoms with Gasteiger partial charge in [-0.2, -0.15) is 0 Å². The maximum atomic E-state index is 14.5. The van der Waals surface area contributed by atoms with E-state index in [1.54, 1.807) is 11.9 Å². The highest BCUT2D eigenvalue weighted by molar-refractivity contribution is 6.09. The highest BCUT2D eigenvalue weighted by Gasteiger charge is 2.35. The summed E-state index contributed by atoms with van der Waals surface area (Å²) in [5, 5.41) is 2.43. The van der Waals surface area contributed by atoms with Crippen LogP contribution in [0, 0.1) is 5.82 Å². The largest absolute Gasteiger partial charge is 0.370 e. The van der Waals surface area contributed by atoms with Crippen LogP contribution in [0.15, 0.2) is 18.2 Å². The van der Waals surface area contributed by atoms with E-state index < -0.39 is 23.7 Å². The predicted octanol–water partition coefficient (Wildman–Crippen LogP) is 0.466. The maximum absolute atomic E-state index is 14.5. The Kier molecular flexibility index (Phi) is 5.71. The normalized spacial score (nSPS) is 18.9. The summed E-state index contributed by atoms with van der Waals surface area (Å²) in [6.07, 6.45) is 2.83. The second kappa shape index (κ2) is 8.01. The summed E-state index contributed by atoms with van der Waals surface area (Å²) in [5.41, 5.74) is 5.71. The van der Waals surface area contributed by atoms with Gasteiger partial charge in [0.15, 0.2) is 6.04 Å². The van der Waals surface area contributed by atoms with Gasteiger partial charge in [0.05, 0.1) is 12.3 Å². The van der Waals surface area contributed by atoms with E-state index in [2.05, 4.69) is 5.32 Å². The summed E-state index contributed by atoms with van der Waals surface area (Å²) >= 11 is 0. The smallest absolute Gasteiger partial charge is 0.253 e. The number of morpholine rings is 1. The van der Waals surface area contributed by atoms with Crippen molar-refractivity contribution in [2.24, 2.45) is 5.73 Å². The monoisotopic (exact) mass is 378 g/mol. The van der Waals surface area contributed by atoms with E-state index in [1.807, 2.05) is 0 Å². The molecule has 1 saturated heterocycles. The summed E-state index contributed by atoms with van der Waals surface area (Å²) < 4.78 is 19.5. The molecule has 1 aliphatic carbocycles. The van der Waals surface area contributed by atoms with Crippen LogP contribution in [-0.2, 0) is 19.1 Å². The van der Waals surface area contributed by atoms with Crippen LogP contribution in [0.1, 0.15) is 19.3 Å². The first-order valence-electron chi connectivity index (χ1n) is 8.88. The summed E-state index contributed by atoms with van der Waals surface area (Å²) in [7, 11) is 1.67. The van der Waals surface area contributed by atoms with E-state index in [4.69, 9.17) is 10.5 Å². The molecule has 0 radical (unpaired) electrons. The minimum Gasteiger partial charge on any atom is -0.370 e. The molecule has 3 rings (SSSR count). The minimum absolute atomic E-state index is 0.0477. The fraction of sp³-hybridized carbons (Fsp3) is 0.500. The van der Waals surface area contributed by atoms with E-state index in [0.717, 1.165) is 19.3 Å². The average molecular weight is 378 g/mol. The Balaban J connectivity index is 1.73. The Labute approximate surface area is 156 Å². The first-order valence-corrected chi connectivity index (χ1v) is 8.88. The molecule has 1 aromatic rings. The van der Waals surface area contributed by atoms with Crippen molar-refractivity contribution < 1.29 is 23.5 Å². The first-order chi connectivity index (χ1) is 12.9. The fourth-order valence-electron chi connectivity index (χ4n) is 3.29. The van der Waals surface area contributed by atoms with Gasteiger partial charge in [-0.1, -0.05) is 6.42 Å². The number of primary amides is 1. The fourth-order valence-corrected chi connectivity index (χ4v) is 3.29. The summed E-state index contributed by atoms with van der Waals surface area (Å²) in [5.74, 6) is -2.41. The molecule has 3 N–H and O–H groups in total. The molecule has 0 aromatic heterocycles. The Morgan fingerprint density at radius 1 is 1.41 bits per heavy atom. The van der Waals surface area contributed by atoms with Gasteiger partial charge in [0.2, 0.25) is 5.91 Å². The van der Waals surface area contributed by atoms with E-state index in [9.17, 15) is 18.8 Å². The standard InChI is InChI=1S/C18H23FN4O4/c1-22(11-3-2-4-11)16(17(20)25)18(26)21-14-6-5-12(9-13(14)19)23-7-8-27-10-15(23)24/h5-6,9,11,16H,2-4,7-8,10H2,1H3,(H2,20,25)(H,21,26)/t16-/m0/s1. The molecule has 3 amide bonds. The second-order valence-electron chi connectivity index (χ2n) is 6.81. The number of amides is 3. The number of nitrogens with zero attached hydrogens (tertiary/aromatic N) is 2. The van der Waals surface area contributed by atoms with Gasteiger partial charge >= 0.3 is 0 Å². The van der Waals surface area contributed by atoms with Crippen LogP contribution in [0.5, 0.6) is 0 Å². The number of nitrogens with two attached hydrogens (primary N) is 1. The second-order valence-corrected chi connectivity index (χ2v) is 6.81. The maximum Gasteiger partial charge on any atom is 0.253 e. The van der Waals surface area contributed by atoms with Crippen LogP contribution in [0.2, 0.25) is 0 Å². The molecule has 9 heteroatoms. The Morgan fingerprint density at radius 3 is 2.70 bits per heavy atom. The van der Waals surface area contributed by atoms with Crippen molar-refractivity contribution in [3.63, 3.8) is 0 Å². The number of hydrogen-bond acceptors (Lipinski definition) is 5. The van der Waals surface area contributed by atoms with Crippen LogP contribution >= 0.6 is 0 Å². The molecule has 1 aliphatic heterocycles. The third-order valence-corrected chi connectivity index (χ3v) is 5.08. The molecule has 2 fully saturated rings. The van der Waals surface area contributed by atoms with Crippen molar-refractivity contribution in [1.29, 1.82) is 0 Å². The highest BCUT2D eigenvalue weighted by atomic mass is 19.1. The number of benzene rings is 1. The zero-order valence-corrected chi connectivity index (χ0v) is 15.1. The number of rotatable bonds is 6. The van der Waals surface area contributed by atoms with Gasteiger partial charge in [0.1, 0.15) is 12.4 Å². The number of halogens is 1. The van der Waals surface area contributed by atoms with Gasteiger partial charge in [0.25, 0.3) is 11.8 Å². The van der Waals surface area contributed by atoms with E-state index in [1.165, 1.54) is 23.1 Å². The summed E-state index contributed by atoms with van der Waals surface area (Å²) in [6, 6.07) is 3.03. The topological polar surface area (TPSA) is 105 Å². The van der Waals surface area contributed by atoms with Crippen molar-refractivity contribution in [2.75, 3.05) is 37.0 Å². The van der Waals surface area contributed by atoms with Gasteiger partial charge < -0.3 is 20.7 Å². The van der Waals surface area contributed by atoms with Crippen molar-refractivity contribution in [2.45, 2.75) is 31.3 Å². The highest BCUT2D eigenvalue weighted by Crippen LogP contribution is 2.27. The lowest BCUT2D eigenvalue weighted by molar-refractivity contribution is -0.133. The molecule has 0 unspecified atom stereocenters. The van der Waals surface area contributed by atoms with Gasteiger partial charge in [-0.3, -0.25) is 19.3 Å². The summed E-state index contributed by atoms with van der Waals surface area (Å²) in [6.45, 7) is 0.660. The Morgan fingerprint density at radius 2 is 2.15 bits per heavy atom. The van der Waals surface area contributed by atoms with Gasteiger partial charge in [-0.25, -0.2) is 4.39 Å². The molecule has 8 nitrogen and oxygen atoms in total. The molecule has 1 aromatic carbocycles. The molecule has 1 heterocycles. The first kappa shape index (κ1) is 19.2. The number of likely N-dealkylation sites (N-methyl/N-ethyl adjacent to an activating group) is 1. The van der Waals surface area contributed by atoms with Crippen LogP contribution in [0.4, 0.5) is 15.8 Å². The van der Waals surface area contributed by atoms with Crippen molar-refractivity contribution in [3.8, 4) is 0 Å². The number of hydrogen-bond donors (Lipinski definition) is 2. The zero-order valence-electron chi connectivity index (χ0n) is 15.1. The Bertz CT molecular complexity index is 753. The lowest BCUT2D eigenvalue weighted by Gasteiger charge is -2.37. The molecule has 0 bridgehead atoms. The molecule has 146 valence electrons. The molecule has 2 aliphatic rings. The Hall–Kier alpha value is -2.52. The average Bonchev–Trinajstić information content (AvgIpc) is 2.55. The van der Waals surface area contributed by atoms with E-state index in [0.29, 0.717) is 18.8 Å². The third-order valence-electron chi connectivity index (χ3n) is 5.08. The van der Waals surface area contributed by atoms with Crippen molar-refractivity contribution >= 4 is 29.1 Å². The van der Waals surface area contributed by atoms with Crippen LogP contribution < -0.4 is 16.0 Å². The number of carbonyl (C=O) groups excluding carboxylic acids is 3. The molecule has 27 heavy (non-hydrogen) atoms. The van der Waals surface area contributed by atoms with Crippen molar-refractivity contribution in [3.05, 3.63) is 24.0 Å². The SMILES string of the molecule is CN(C1CCC1)[C@@H](C(N)=O)C(=O)Nc1ccc(N2CCOCC2=O)cc1F. The van der Waals surface area contributed by atoms with Crippen LogP contribution in [0.25, 0.3) is 0 Å². The number of carbonyl (C=O) groups is 3. The zero-order chi connectivity index (χ0) is 19.6.